The normalized spacial score (nSPS) is 12.6. The highest BCUT2D eigenvalue weighted by Gasteiger charge is 2.26. The van der Waals surface area contributed by atoms with Crippen LogP contribution in [0.4, 0.5) is 5.69 Å². The maximum absolute atomic E-state index is 12.7. The van der Waals surface area contributed by atoms with Gasteiger partial charge in [0.2, 0.25) is 10.0 Å². The number of rotatable bonds is 6. The number of hydrogen-bond donors (Lipinski definition) is 2. The Morgan fingerprint density at radius 1 is 1.15 bits per heavy atom. The summed E-state index contributed by atoms with van der Waals surface area (Å²) in [6.07, 6.45) is 0. The van der Waals surface area contributed by atoms with Crippen LogP contribution in [0.25, 0.3) is 0 Å². The molecule has 6 heteroatoms. The SMILES string of the molecule is CC(C)CN(CC(C)C)S(=O)(=O)c1ccc(O)c(N)c1. The quantitative estimate of drug-likeness (QED) is 0.623. The van der Waals surface area contributed by atoms with Crippen molar-refractivity contribution in [3.8, 4) is 5.75 Å². The molecule has 1 rings (SSSR count). The molecular weight excluding hydrogens is 276 g/mol. The summed E-state index contributed by atoms with van der Waals surface area (Å²) in [5, 5.41) is 9.41. The summed E-state index contributed by atoms with van der Waals surface area (Å²) >= 11 is 0. The number of nitrogens with two attached hydrogens (primary N) is 1. The number of benzene rings is 1. The number of phenols is 1. The third-order valence-electron chi connectivity index (χ3n) is 2.77. The molecular formula is C14H24N2O3S. The van der Waals surface area contributed by atoms with E-state index in [1.165, 1.54) is 22.5 Å². The number of nitrogen functional groups attached to an aromatic ring is 1. The van der Waals surface area contributed by atoms with Gasteiger partial charge in [0.05, 0.1) is 10.6 Å². The standard InChI is InChI=1S/C14H24N2O3S/c1-10(2)8-16(9-11(3)4)20(18,19)12-5-6-14(17)13(15)7-12/h5-7,10-11,17H,8-9,15H2,1-4H3. The zero-order valence-electron chi connectivity index (χ0n) is 12.5. The minimum absolute atomic E-state index is 0.0696. The van der Waals surface area contributed by atoms with E-state index in [4.69, 9.17) is 5.73 Å². The molecule has 0 saturated heterocycles. The molecule has 0 radical (unpaired) electrons. The van der Waals surface area contributed by atoms with Crippen LogP contribution >= 0.6 is 0 Å². The third-order valence-corrected chi connectivity index (χ3v) is 4.60. The number of nitrogens with zero attached hydrogens (tertiary/aromatic N) is 1. The van der Waals surface area contributed by atoms with Crippen molar-refractivity contribution in [3.05, 3.63) is 18.2 Å². The Labute approximate surface area is 121 Å². The van der Waals surface area contributed by atoms with Crippen LogP contribution in [0, 0.1) is 11.8 Å². The van der Waals surface area contributed by atoms with Crippen molar-refractivity contribution < 1.29 is 13.5 Å². The summed E-state index contributed by atoms with van der Waals surface area (Å²) in [5.41, 5.74) is 5.66. The maximum Gasteiger partial charge on any atom is 0.243 e. The molecule has 0 aliphatic carbocycles. The van der Waals surface area contributed by atoms with Crippen LogP contribution in [0.1, 0.15) is 27.7 Å². The second kappa shape index (κ2) is 6.45. The topological polar surface area (TPSA) is 83.6 Å². The van der Waals surface area contributed by atoms with Gasteiger partial charge in [-0.1, -0.05) is 27.7 Å². The van der Waals surface area contributed by atoms with Crippen molar-refractivity contribution in [2.75, 3.05) is 18.8 Å². The first-order valence-corrected chi connectivity index (χ1v) is 8.17. The summed E-state index contributed by atoms with van der Waals surface area (Å²) in [7, 11) is -3.59. The molecule has 0 atom stereocenters. The molecule has 0 bridgehead atoms. The molecule has 0 aromatic heterocycles. The number of anilines is 1. The van der Waals surface area contributed by atoms with Crippen molar-refractivity contribution in [2.45, 2.75) is 32.6 Å². The maximum atomic E-state index is 12.7. The first kappa shape index (κ1) is 16.8. The van der Waals surface area contributed by atoms with Crippen LogP contribution in [0.2, 0.25) is 0 Å². The van der Waals surface area contributed by atoms with Crippen LogP contribution < -0.4 is 5.73 Å². The lowest BCUT2D eigenvalue weighted by Gasteiger charge is -2.25. The number of aromatic hydroxyl groups is 1. The average Bonchev–Trinajstić information content (AvgIpc) is 2.30. The van der Waals surface area contributed by atoms with Gasteiger partial charge in [-0.05, 0) is 30.0 Å². The molecule has 1 aromatic rings. The van der Waals surface area contributed by atoms with E-state index in [9.17, 15) is 13.5 Å². The van der Waals surface area contributed by atoms with Crippen LogP contribution in [0.5, 0.6) is 5.75 Å². The van der Waals surface area contributed by atoms with E-state index in [1.54, 1.807) is 0 Å². The van der Waals surface area contributed by atoms with Gasteiger partial charge in [0.15, 0.2) is 0 Å². The van der Waals surface area contributed by atoms with Gasteiger partial charge in [-0.3, -0.25) is 0 Å². The number of phenolic OH excluding ortho intramolecular Hbond substituents is 1. The summed E-state index contributed by atoms with van der Waals surface area (Å²) in [6.45, 7) is 8.84. The van der Waals surface area contributed by atoms with Crippen LogP contribution in [0.15, 0.2) is 23.1 Å². The molecule has 0 amide bonds. The summed E-state index contributed by atoms with van der Waals surface area (Å²) < 4.78 is 26.8. The lowest BCUT2D eigenvalue weighted by Crippen LogP contribution is -2.37. The van der Waals surface area contributed by atoms with Gasteiger partial charge in [0, 0.05) is 13.1 Å². The third kappa shape index (κ3) is 4.11. The average molecular weight is 300 g/mol. The van der Waals surface area contributed by atoms with Crippen molar-refractivity contribution in [1.29, 1.82) is 0 Å². The monoisotopic (exact) mass is 300 g/mol. The Kier molecular flexibility index (Phi) is 5.42. The molecule has 0 aliphatic heterocycles. The van der Waals surface area contributed by atoms with Crippen LogP contribution in [-0.4, -0.2) is 30.9 Å². The molecule has 1 aromatic carbocycles. The Balaban J connectivity index is 3.17. The first-order chi connectivity index (χ1) is 9.14. The van der Waals surface area contributed by atoms with Gasteiger partial charge in [0.1, 0.15) is 5.75 Å². The second-order valence-corrected chi connectivity index (χ2v) is 7.77. The highest BCUT2D eigenvalue weighted by atomic mass is 32.2. The molecule has 0 unspecified atom stereocenters. The van der Waals surface area contributed by atoms with Crippen molar-refractivity contribution in [1.82, 2.24) is 4.31 Å². The predicted molar refractivity (Wildman–Crippen MR) is 81.0 cm³/mol. The van der Waals surface area contributed by atoms with Gasteiger partial charge >= 0.3 is 0 Å². The Morgan fingerprint density at radius 2 is 1.65 bits per heavy atom. The number of sulfonamides is 1. The van der Waals surface area contributed by atoms with Crippen molar-refractivity contribution in [2.24, 2.45) is 11.8 Å². The predicted octanol–water partition coefficient (Wildman–Crippen LogP) is 2.28. The summed E-state index contributed by atoms with van der Waals surface area (Å²) in [5.74, 6) is 0.360. The Hall–Kier alpha value is -1.27. The smallest absolute Gasteiger partial charge is 0.243 e. The minimum atomic E-state index is -3.59. The van der Waals surface area contributed by atoms with Crippen molar-refractivity contribution >= 4 is 15.7 Å². The number of hydrogen-bond acceptors (Lipinski definition) is 4. The Morgan fingerprint density at radius 3 is 2.05 bits per heavy atom. The zero-order chi connectivity index (χ0) is 15.5. The van der Waals surface area contributed by atoms with Gasteiger partial charge in [-0.25, -0.2) is 8.42 Å². The second-order valence-electron chi connectivity index (χ2n) is 5.83. The minimum Gasteiger partial charge on any atom is -0.506 e. The largest absolute Gasteiger partial charge is 0.506 e. The van der Waals surface area contributed by atoms with Gasteiger partial charge in [0.25, 0.3) is 0 Å². The van der Waals surface area contributed by atoms with E-state index in [-0.39, 0.29) is 28.2 Å². The van der Waals surface area contributed by atoms with E-state index in [2.05, 4.69) is 0 Å². The fourth-order valence-electron chi connectivity index (χ4n) is 1.93. The highest BCUT2D eigenvalue weighted by molar-refractivity contribution is 7.89. The summed E-state index contributed by atoms with van der Waals surface area (Å²) in [4.78, 5) is 0.120. The molecule has 0 aliphatic rings. The lowest BCUT2D eigenvalue weighted by molar-refractivity contribution is 0.333. The van der Waals surface area contributed by atoms with Crippen LogP contribution in [-0.2, 0) is 10.0 Å². The van der Waals surface area contributed by atoms with E-state index >= 15 is 0 Å². The zero-order valence-corrected chi connectivity index (χ0v) is 13.3. The molecule has 114 valence electrons. The molecule has 0 heterocycles. The summed E-state index contributed by atoms with van der Waals surface area (Å²) in [6, 6.07) is 4.00. The molecule has 20 heavy (non-hydrogen) atoms. The van der Waals surface area contributed by atoms with Gasteiger partial charge in [-0.2, -0.15) is 4.31 Å². The molecule has 0 spiro atoms. The molecule has 0 saturated carbocycles. The molecule has 0 fully saturated rings. The lowest BCUT2D eigenvalue weighted by atomic mass is 10.2. The van der Waals surface area contributed by atoms with E-state index < -0.39 is 10.0 Å². The first-order valence-electron chi connectivity index (χ1n) is 6.73. The van der Waals surface area contributed by atoms with E-state index in [0.717, 1.165) is 0 Å². The van der Waals surface area contributed by atoms with Crippen LogP contribution in [0.3, 0.4) is 0 Å². The van der Waals surface area contributed by atoms with Gasteiger partial charge < -0.3 is 10.8 Å². The van der Waals surface area contributed by atoms with Gasteiger partial charge in [-0.15, -0.1) is 0 Å². The molecule has 5 nitrogen and oxygen atoms in total. The van der Waals surface area contributed by atoms with Crippen molar-refractivity contribution in [3.63, 3.8) is 0 Å². The Bertz CT molecular complexity index is 544. The molecule has 3 N–H and O–H groups in total. The fourth-order valence-corrected chi connectivity index (χ4v) is 3.73. The fraction of sp³-hybridized carbons (Fsp3) is 0.571. The van der Waals surface area contributed by atoms with E-state index in [0.29, 0.717) is 13.1 Å². The highest BCUT2D eigenvalue weighted by Crippen LogP contribution is 2.26. The van der Waals surface area contributed by atoms with E-state index in [1.807, 2.05) is 27.7 Å².